The molecule has 0 aliphatic carbocycles. The summed E-state index contributed by atoms with van der Waals surface area (Å²) in [5.74, 6) is 0. The third kappa shape index (κ3) is 3.12. The molecule has 0 atom stereocenters. The van der Waals surface area contributed by atoms with Crippen molar-refractivity contribution < 1.29 is 0 Å². The summed E-state index contributed by atoms with van der Waals surface area (Å²) in [4.78, 5) is 0. The number of hydrogen-bond acceptors (Lipinski definition) is 2. The maximum Gasteiger partial charge on any atom is 0.0534 e. The third-order valence-corrected chi connectivity index (χ3v) is 10.8. The van der Waals surface area contributed by atoms with Gasteiger partial charge in [-0.25, -0.2) is 0 Å². The molecule has 2 heterocycles. The van der Waals surface area contributed by atoms with Gasteiger partial charge in [0.1, 0.15) is 0 Å². The van der Waals surface area contributed by atoms with Gasteiger partial charge in [0.05, 0.1) is 9.40 Å². The molecule has 9 rings (SSSR count). The highest BCUT2D eigenvalue weighted by molar-refractivity contribution is 7.33. The first-order valence-electron chi connectivity index (χ1n) is 13.6. The first-order chi connectivity index (χ1) is 19.8. The molecule has 0 aliphatic rings. The minimum Gasteiger partial charge on any atom is -0.134 e. The van der Waals surface area contributed by atoms with Crippen molar-refractivity contribution in [2.24, 2.45) is 0 Å². The SMILES string of the molecule is c1ccc(-c2c3ccccc3c(-c3ccc4c(c3)sc3c4ccc4c5ccccc5sc43)c3ccccc23)cc1. The van der Waals surface area contributed by atoms with Crippen molar-refractivity contribution in [3.8, 4) is 22.3 Å². The van der Waals surface area contributed by atoms with Crippen molar-refractivity contribution in [2.75, 3.05) is 0 Å². The Hall–Kier alpha value is -4.50. The second-order valence-corrected chi connectivity index (χ2v) is 12.5. The fourth-order valence-electron chi connectivity index (χ4n) is 6.53. The molecule has 0 amide bonds. The van der Waals surface area contributed by atoms with Gasteiger partial charge in [0.2, 0.25) is 0 Å². The third-order valence-electron chi connectivity index (χ3n) is 8.27. The van der Waals surface area contributed by atoms with Crippen LogP contribution in [0.25, 0.3) is 84.1 Å². The van der Waals surface area contributed by atoms with Crippen LogP contribution >= 0.6 is 22.7 Å². The lowest BCUT2D eigenvalue weighted by Crippen LogP contribution is -1.90. The number of rotatable bonds is 2. The normalized spacial score (nSPS) is 12.0. The Bertz CT molecular complexity index is 2370. The van der Waals surface area contributed by atoms with Crippen LogP contribution in [-0.4, -0.2) is 0 Å². The maximum atomic E-state index is 2.43. The molecular weight excluding hydrogens is 521 g/mol. The Labute approximate surface area is 239 Å². The van der Waals surface area contributed by atoms with E-state index in [0.717, 1.165) is 0 Å². The van der Waals surface area contributed by atoms with Gasteiger partial charge in [-0.3, -0.25) is 0 Å². The van der Waals surface area contributed by atoms with Crippen molar-refractivity contribution in [1.82, 2.24) is 0 Å². The van der Waals surface area contributed by atoms with Crippen molar-refractivity contribution in [2.45, 2.75) is 0 Å². The maximum absolute atomic E-state index is 2.43. The highest BCUT2D eigenvalue weighted by Gasteiger charge is 2.18. The van der Waals surface area contributed by atoms with Crippen LogP contribution in [0.5, 0.6) is 0 Å². The van der Waals surface area contributed by atoms with Gasteiger partial charge in [-0.15, -0.1) is 22.7 Å². The van der Waals surface area contributed by atoms with Crippen LogP contribution in [0.4, 0.5) is 0 Å². The smallest absolute Gasteiger partial charge is 0.0534 e. The highest BCUT2D eigenvalue weighted by Crippen LogP contribution is 2.47. The monoisotopic (exact) mass is 542 g/mol. The van der Waals surface area contributed by atoms with Gasteiger partial charge in [0.15, 0.2) is 0 Å². The molecule has 7 aromatic carbocycles. The lowest BCUT2D eigenvalue weighted by Gasteiger charge is -2.17. The minimum absolute atomic E-state index is 1.26. The molecule has 0 spiro atoms. The average Bonchev–Trinajstić information content (AvgIpc) is 3.58. The van der Waals surface area contributed by atoms with E-state index in [1.165, 1.54) is 84.1 Å². The van der Waals surface area contributed by atoms with Crippen LogP contribution in [-0.2, 0) is 0 Å². The van der Waals surface area contributed by atoms with E-state index in [-0.39, 0.29) is 0 Å². The van der Waals surface area contributed by atoms with Gasteiger partial charge in [-0.1, -0.05) is 121 Å². The molecule has 9 aromatic rings. The largest absolute Gasteiger partial charge is 0.134 e. The van der Waals surface area contributed by atoms with E-state index < -0.39 is 0 Å². The average molecular weight is 543 g/mol. The van der Waals surface area contributed by atoms with Gasteiger partial charge >= 0.3 is 0 Å². The topological polar surface area (TPSA) is 0 Å². The van der Waals surface area contributed by atoms with Crippen LogP contribution in [0.15, 0.2) is 133 Å². The summed E-state index contributed by atoms with van der Waals surface area (Å²) >= 11 is 3.86. The predicted octanol–water partition coefficient (Wildman–Crippen LogP) is 12.1. The molecule has 2 heteroatoms. The molecule has 0 bridgehead atoms. The molecule has 0 aliphatic heterocycles. The summed E-state index contributed by atoms with van der Waals surface area (Å²) in [6.07, 6.45) is 0. The molecule has 2 aromatic heterocycles. The van der Waals surface area contributed by atoms with Crippen LogP contribution in [0.2, 0.25) is 0 Å². The second-order valence-electron chi connectivity index (χ2n) is 10.4. The first-order valence-corrected chi connectivity index (χ1v) is 15.2. The second kappa shape index (κ2) is 8.50. The Morgan fingerprint density at radius 2 is 0.750 bits per heavy atom. The molecule has 0 unspecified atom stereocenters. The van der Waals surface area contributed by atoms with Gasteiger partial charge < -0.3 is 0 Å². The predicted molar refractivity (Wildman–Crippen MR) is 178 cm³/mol. The van der Waals surface area contributed by atoms with E-state index in [2.05, 4.69) is 133 Å². The van der Waals surface area contributed by atoms with Crippen molar-refractivity contribution in [3.05, 3.63) is 133 Å². The van der Waals surface area contributed by atoms with Crippen molar-refractivity contribution in [1.29, 1.82) is 0 Å². The van der Waals surface area contributed by atoms with Gasteiger partial charge in [-0.2, -0.15) is 0 Å². The van der Waals surface area contributed by atoms with E-state index in [1.54, 1.807) is 0 Å². The summed E-state index contributed by atoms with van der Waals surface area (Å²) < 4.78 is 5.52. The Balaban J connectivity index is 1.36. The van der Waals surface area contributed by atoms with Crippen molar-refractivity contribution in [3.63, 3.8) is 0 Å². The number of hydrogen-bond donors (Lipinski definition) is 0. The number of benzene rings is 7. The zero-order valence-corrected chi connectivity index (χ0v) is 23.2. The van der Waals surface area contributed by atoms with E-state index >= 15 is 0 Å². The summed E-state index contributed by atoms with van der Waals surface area (Å²) in [6, 6.07) is 49.2. The number of thiophene rings is 2. The Morgan fingerprint density at radius 3 is 1.38 bits per heavy atom. The molecule has 40 heavy (non-hydrogen) atoms. The van der Waals surface area contributed by atoms with Gasteiger partial charge in [0, 0.05) is 30.9 Å². The van der Waals surface area contributed by atoms with Crippen LogP contribution < -0.4 is 0 Å². The van der Waals surface area contributed by atoms with E-state index in [9.17, 15) is 0 Å². The van der Waals surface area contributed by atoms with Crippen LogP contribution in [0.1, 0.15) is 0 Å². The molecule has 0 nitrogen and oxygen atoms in total. The van der Waals surface area contributed by atoms with Gasteiger partial charge in [-0.05, 0) is 55.9 Å². The molecule has 0 saturated heterocycles. The summed E-state index contributed by atoms with van der Waals surface area (Å²) in [6.45, 7) is 0. The summed E-state index contributed by atoms with van der Waals surface area (Å²) in [5, 5.41) is 10.6. The lowest BCUT2D eigenvalue weighted by molar-refractivity contribution is 1.66. The molecule has 0 radical (unpaired) electrons. The van der Waals surface area contributed by atoms with Crippen molar-refractivity contribution >= 4 is 84.6 Å². The molecule has 0 saturated carbocycles. The van der Waals surface area contributed by atoms with Crippen LogP contribution in [0.3, 0.4) is 0 Å². The molecular formula is C38H22S2. The Kier molecular flexibility index (Phi) is 4.74. The zero-order chi connectivity index (χ0) is 26.2. The summed E-state index contributed by atoms with van der Waals surface area (Å²) in [7, 11) is 0. The number of fused-ring (bicyclic) bond motifs is 9. The van der Waals surface area contributed by atoms with E-state index in [0.29, 0.717) is 0 Å². The molecule has 0 fully saturated rings. The van der Waals surface area contributed by atoms with Gasteiger partial charge in [0.25, 0.3) is 0 Å². The van der Waals surface area contributed by atoms with E-state index in [4.69, 9.17) is 0 Å². The van der Waals surface area contributed by atoms with E-state index in [1.807, 2.05) is 22.7 Å². The molecule has 0 N–H and O–H groups in total. The summed E-state index contributed by atoms with van der Waals surface area (Å²) in [5.41, 5.74) is 5.16. The Morgan fingerprint density at radius 1 is 0.300 bits per heavy atom. The fourth-order valence-corrected chi connectivity index (χ4v) is 9.11. The van der Waals surface area contributed by atoms with Crippen LogP contribution in [0, 0.1) is 0 Å². The lowest BCUT2D eigenvalue weighted by atomic mass is 9.86. The first kappa shape index (κ1) is 22.3. The highest BCUT2D eigenvalue weighted by atomic mass is 32.1. The quantitative estimate of drug-likeness (QED) is 0.191. The minimum atomic E-state index is 1.26. The molecule has 186 valence electrons. The standard InChI is InChI=1S/C38H22S2/c1-2-10-23(11-3-1)35-27-13-4-6-15-29(27)36(30-16-7-5-14-28(30)35)24-18-19-26-32-21-20-31-25-12-8-9-17-33(25)39-37(31)38(32)40-34(26)22-24/h1-22H. The fraction of sp³-hybridized carbons (Fsp3) is 0. The zero-order valence-electron chi connectivity index (χ0n) is 21.5.